The lowest BCUT2D eigenvalue weighted by molar-refractivity contribution is -0.144. The van der Waals surface area contributed by atoms with Crippen molar-refractivity contribution in [2.24, 2.45) is 5.92 Å². The zero-order valence-electron chi connectivity index (χ0n) is 10.3. The fraction of sp³-hybridized carbons (Fsp3) is 0.417. The summed E-state index contributed by atoms with van der Waals surface area (Å²) in [5.41, 5.74) is -0.705. The summed E-state index contributed by atoms with van der Waals surface area (Å²) in [5.74, 6) is -0.657. The first kappa shape index (κ1) is 16.4. The number of ether oxygens (including phenoxy) is 1. The number of thioether (sulfide) groups is 1. The smallest absolute Gasteiger partial charge is 0.417 e. The van der Waals surface area contributed by atoms with Crippen molar-refractivity contribution >= 4 is 33.7 Å². The Morgan fingerprint density at radius 3 is 2.63 bits per heavy atom. The minimum Gasteiger partial charge on any atom is -0.469 e. The molecule has 0 aliphatic carbocycles. The van der Waals surface area contributed by atoms with Crippen LogP contribution in [0.25, 0.3) is 0 Å². The van der Waals surface area contributed by atoms with Crippen molar-refractivity contribution in [3.05, 3.63) is 28.2 Å². The van der Waals surface area contributed by atoms with Gasteiger partial charge in [-0.05, 0) is 18.2 Å². The van der Waals surface area contributed by atoms with E-state index in [1.54, 1.807) is 13.0 Å². The van der Waals surface area contributed by atoms with E-state index in [0.29, 0.717) is 4.47 Å². The van der Waals surface area contributed by atoms with Crippen molar-refractivity contribution in [1.82, 2.24) is 0 Å². The molecule has 0 aliphatic rings. The average molecular weight is 357 g/mol. The van der Waals surface area contributed by atoms with Gasteiger partial charge in [-0.2, -0.15) is 13.2 Å². The number of halogens is 4. The number of rotatable bonds is 4. The third-order valence-electron chi connectivity index (χ3n) is 2.34. The van der Waals surface area contributed by atoms with Crippen molar-refractivity contribution < 1.29 is 22.7 Å². The van der Waals surface area contributed by atoms with Crippen molar-refractivity contribution in [2.45, 2.75) is 18.0 Å². The topological polar surface area (TPSA) is 26.3 Å². The highest BCUT2D eigenvalue weighted by atomic mass is 79.9. The molecule has 0 amide bonds. The largest absolute Gasteiger partial charge is 0.469 e. The molecule has 0 saturated heterocycles. The highest BCUT2D eigenvalue weighted by molar-refractivity contribution is 9.10. The van der Waals surface area contributed by atoms with E-state index in [2.05, 4.69) is 20.7 Å². The van der Waals surface area contributed by atoms with Crippen LogP contribution in [-0.4, -0.2) is 18.8 Å². The summed E-state index contributed by atoms with van der Waals surface area (Å²) >= 11 is 4.01. The predicted octanol–water partition coefficient (Wildman–Crippen LogP) is 4.37. The summed E-state index contributed by atoms with van der Waals surface area (Å²) in [5, 5.41) is 0. The summed E-state index contributed by atoms with van der Waals surface area (Å²) in [6.45, 7) is 1.62. The van der Waals surface area contributed by atoms with Crippen LogP contribution in [0.1, 0.15) is 12.5 Å². The standard InChI is InChI=1S/C12H12BrF3O2S/c1-7(11(17)18-2)6-19-10-4-3-8(13)5-9(10)12(14,15)16/h3-5,7H,6H2,1-2H3. The number of carbonyl (C=O) groups is 1. The molecule has 2 nitrogen and oxygen atoms in total. The van der Waals surface area contributed by atoms with Crippen LogP contribution in [0.5, 0.6) is 0 Å². The highest BCUT2D eigenvalue weighted by Crippen LogP contribution is 2.38. The van der Waals surface area contributed by atoms with Gasteiger partial charge in [-0.15, -0.1) is 11.8 Å². The van der Waals surface area contributed by atoms with E-state index < -0.39 is 23.6 Å². The lowest BCUT2D eigenvalue weighted by Crippen LogP contribution is -2.15. The number of hydrogen-bond acceptors (Lipinski definition) is 3. The van der Waals surface area contributed by atoms with Crippen LogP contribution in [0, 0.1) is 5.92 Å². The lowest BCUT2D eigenvalue weighted by Gasteiger charge is -2.14. The fourth-order valence-electron chi connectivity index (χ4n) is 1.33. The number of carbonyl (C=O) groups excluding carboxylic acids is 1. The number of hydrogen-bond donors (Lipinski definition) is 0. The monoisotopic (exact) mass is 356 g/mol. The molecule has 1 aromatic carbocycles. The fourth-order valence-corrected chi connectivity index (χ4v) is 2.75. The van der Waals surface area contributed by atoms with Crippen molar-refractivity contribution in [3.8, 4) is 0 Å². The Kier molecular flexibility index (Phi) is 5.73. The Labute approximate surface area is 121 Å². The van der Waals surface area contributed by atoms with E-state index in [4.69, 9.17) is 0 Å². The summed E-state index contributed by atoms with van der Waals surface area (Å²) in [6.07, 6.45) is -4.42. The van der Waals surface area contributed by atoms with Gasteiger partial charge in [0, 0.05) is 15.1 Å². The Morgan fingerprint density at radius 1 is 1.47 bits per heavy atom. The first-order valence-electron chi connectivity index (χ1n) is 5.33. The zero-order chi connectivity index (χ0) is 14.6. The zero-order valence-corrected chi connectivity index (χ0v) is 12.7. The second kappa shape index (κ2) is 6.65. The quantitative estimate of drug-likeness (QED) is 0.591. The van der Waals surface area contributed by atoms with E-state index >= 15 is 0 Å². The summed E-state index contributed by atoms with van der Waals surface area (Å²) in [7, 11) is 1.25. The Morgan fingerprint density at radius 2 is 2.11 bits per heavy atom. The Bertz CT molecular complexity index is 463. The molecular weight excluding hydrogens is 345 g/mol. The molecule has 0 aromatic heterocycles. The molecule has 19 heavy (non-hydrogen) atoms. The number of methoxy groups -OCH3 is 1. The molecule has 7 heteroatoms. The molecular formula is C12H12BrF3O2S. The minimum atomic E-state index is -4.42. The summed E-state index contributed by atoms with van der Waals surface area (Å²) < 4.78 is 43.5. The average Bonchev–Trinajstić information content (AvgIpc) is 2.34. The van der Waals surface area contributed by atoms with Gasteiger partial charge in [0.05, 0.1) is 18.6 Å². The van der Waals surface area contributed by atoms with Gasteiger partial charge in [-0.25, -0.2) is 0 Å². The molecule has 1 rings (SSSR count). The highest BCUT2D eigenvalue weighted by Gasteiger charge is 2.34. The van der Waals surface area contributed by atoms with Crippen LogP contribution in [0.15, 0.2) is 27.6 Å². The normalized spacial score (nSPS) is 13.2. The molecule has 0 radical (unpaired) electrons. The van der Waals surface area contributed by atoms with Gasteiger partial charge in [-0.1, -0.05) is 22.9 Å². The van der Waals surface area contributed by atoms with Crippen LogP contribution < -0.4 is 0 Å². The molecule has 0 heterocycles. The van der Waals surface area contributed by atoms with Gasteiger partial charge in [0.15, 0.2) is 0 Å². The molecule has 0 aliphatic heterocycles. The number of benzene rings is 1. The third kappa shape index (κ3) is 4.72. The van der Waals surface area contributed by atoms with E-state index in [-0.39, 0.29) is 10.6 Å². The van der Waals surface area contributed by atoms with Crippen LogP contribution in [-0.2, 0) is 15.7 Å². The number of alkyl halides is 3. The van der Waals surface area contributed by atoms with E-state index in [9.17, 15) is 18.0 Å². The first-order chi connectivity index (χ1) is 8.75. The van der Waals surface area contributed by atoms with Gasteiger partial charge < -0.3 is 4.74 Å². The first-order valence-corrected chi connectivity index (χ1v) is 7.11. The maximum absolute atomic E-state index is 12.9. The van der Waals surface area contributed by atoms with E-state index in [0.717, 1.165) is 17.8 Å². The molecule has 0 N–H and O–H groups in total. The summed E-state index contributed by atoms with van der Waals surface area (Å²) in [4.78, 5) is 11.3. The van der Waals surface area contributed by atoms with Gasteiger partial charge in [0.1, 0.15) is 0 Å². The molecule has 0 saturated carbocycles. The van der Waals surface area contributed by atoms with Crippen LogP contribution >= 0.6 is 27.7 Å². The molecule has 0 fully saturated rings. The third-order valence-corrected chi connectivity index (χ3v) is 4.17. The molecule has 1 aromatic rings. The van der Waals surface area contributed by atoms with Crippen molar-refractivity contribution in [1.29, 1.82) is 0 Å². The second-order valence-electron chi connectivity index (χ2n) is 3.87. The predicted molar refractivity (Wildman–Crippen MR) is 71.0 cm³/mol. The molecule has 1 unspecified atom stereocenters. The lowest BCUT2D eigenvalue weighted by atomic mass is 10.2. The van der Waals surface area contributed by atoms with E-state index in [1.807, 2.05) is 0 Å². The van der Waals surface area contributed by atoms with Crippen LogP contribution in [0.4, 0.5) is 13.2 Å². The molecule has 0 spiro atoms. The van der Waals surface area contributed by atoms with Crippen molar-refractivity contribution in [2.75, 3.05) is 12.9 Å². The van der Waals surface area contributed by atoms with Crippen LogP contribution in [0.2, 0.25) is 0 Å². The molecule has 1 atom stereocenters. The SMILES string of the molecule is COC(=O)C(C)CSc1ccc(Br)cc1C(F)(F)F. The Balaban J connectivity index is 2.87. The summed E-state index contributed by atoms with van der Waals surface area (Å²) in [6, 6.07) is 3.97. The molecule has 106 valence electrons. The maximum Gasteiger partial charge on any atom is 0.417 e. The van der Waals surface area contributed by atoms with Crippen molar-refractivity contribution in [3.63, 3.8) is 0 Å². The Hall–Kier alpha value is -0.690. The van der Waals surface area contributed by atoms with Crippen LogP contribution in [0.3, 0.4) is 0 Å². The van der Waals surface area contributed by atoms with Gasteiger partial charge in [0.2, 0.25) is 0 Å². The van der Waals surface area contributed by atoms with Gasteiger partial charge >= 0.3 is 12.1 Å². The second-order valence-corrected chi connectivity index (χ2v) is 5.85. The van der Waals surface area contributed by atoms with E-state index in [1.165, 1.54) is 13.2 Å². The van der Waals surface area contributed by atoms with Gasteiger partial charge in [-0.3, -0.25) is 4.79 Å². The minimum absolute atomic E-state index is 0.103. The van der Waals surface area contributed by atoms with Gasteiger partial charge in [0.25, 0.3) is 0 Å². The molecule has 0 bridgehead atoms. The number of esters is 1. The maximum atomic E-state index is 12.9.